The van der Waals surface area contributed by atoms with Crippen molar-refractivity contribution < 1.29 is 18.4 Å². The number of hydrogen-bond acceptors (Lipinski definition) is 6. The highest BCUT2D eigenvalue weighted by Gasteiger charge is 2.41. The van der Waals surface area contributed by atoms with Gasteiger partial charge in [0.25, 0.3) is 0 Å². The molecular formula is C25H33FN2O3S2. The molecule has 33 heavy (non-hydrogen) atoms. The molecule has 1 N–H and O–H groups in total. The van der Waals surface area contributed by atoms with Gasteiger partial charge in [-0.15, -0.1) is 16.5 Å². The van der Waals surface area contributed by atoms with Crippen LogP contribution in [0.1, 0.15) is 44.7 Å². The lowest BCUT2D eigenvalue weighted by Crippen LogP contribution is -2.53. The highest BCUT2D eigenvalue weighted by atomic mass is 32.2. The normalized spacial score (nSPS) is 14.3. The molecule has 180 valence electrons. The molecule has 0 fully saturated rings. The second kappa shape index (κ2) is 13.2. The van der Waals surface area contributed by atoms with Crippen LogP contribution in [0.25, 0.3) is 0 Å². The number of nitrogens with one attached hydrogen (secondary N) is 1. The molecule has 0 saturated carbocycles. The van der Waals surface area contributed by atoms with Gasteiger partial charge in [0, 0.05) is 22.7 Å². The second-order valence-electron chi connectivity index (χ2n) is 8.32. The average Bonchev–Trinajstić information content (AvgIpc) is 2.82. The predicted octanol–water partition coefficient (Wildman–Crippen LogP) is 5.34. The molecule has 5 nitrogen and oxygen atoms in total. The summed E-state index contributed by atoms with van der Waals surface area (Å²) in [4.78, 5) is 0. The summed E-state index contributed by atoms with van der Waals surface area (Å²) in [5, 5.41) is 9.54. The number of halogens is 1. The van der Waals surface area contributed by atoms with E-state index in [-0.39, 0.29) is 12.4 Å². The molecule has 0 aliphatic heterocycles. The van der Waals surface area contributed by atoms with Crippen LogP contribution < -0.4 is 9.46 Å². The zero-order valence-electron chi connectivity index (χ0n) is 19.7. The minimum Gasteiger partial charge on any atom is -0.598 e. The molecule has 2 atom stereocenters. The van der Waals surface area contributed by atoms with Crippen LogP contribution in [0.4, 0.5) is 4.39 Å². The smallest absolute Gasteiger partial charge is 0.128 e. The third kappa shape index (κ3) is 8.51. The second-order valence-corrected chi connectivity index (χ2v) is 11.2. The summed E-state index contributed by atoms with van der Waals surface area (Å²) in [6, 6.07) is 16.5. The Kier molecular flexibility index (Phi) is 11.0. The summed E-state index contributed by atoms with van der Waals surface area (Å²) in [7, 11) is 1.52. The maximum Gasteiger partial charge on any atom is 0.128 e. The molecule has 8 heteroatoms. The van der Waals surface area contributed by atoms with Crippen molar-refractivity contribution in [1.29, 1.82) is 5.26 Å². The van der Waals surface area contributed by atoms with Gasteiger partial charge in [0.1, 0.15) is 22.9 Å². The van der Waals surface area contributed by atoms with Crippen molar-refractivity contribution in [3.63, 3.8) is 0 Å². The first-order valence-electron chi connectivity index (χ1n) is 10.9. The molecule has 0 aliphatic carbocycles. The maximum atomic E-state index is 15.2. The van der Waals surface area contributed by atoms with Crippen molar-refractivity contribution in [2.45, 2.75) is 50.5 Å². The van der Waals surface area contributed by atoms with E-state index in [0.717, 1.165) is 18.4 Å². The highest BCUT2D eigenvalue weighted by molar-refractivity contribution is 8.01. The van der Waals surface area contributed by atoms with E-state index in [9.17, 15) is 9.81 Å². The fourth-order valence-electron chi connectivity index (χ4n) is 3.11. The molecule has 0 heterocycles. The highest BCUT2D eigenvalue weighted by Crippen LogP contribution is 2.36. The molecule has 2 unspecified atom stereocenters. The number of nitriles is 1. The first-order chi connectivity index (χ1) is 15.7. The molecular weight excluding hydrogens is 459 g/mol. The van der Waals surface area contributed by atoms with E-state index in [1.165, 1.54) is 24.9 Å². The summed E-state index contributed by atoms with van der Waals surface area (Å²) >= 11 is -0.0493. The van der Waals surface area contributed by atoms with Crippen LogP contribution >= 0.6 is 11.8 Å². The number of rotatable bonds is 14. The summed E-state index contributed by atoms with van der Waals surface area (Å²) in [6.45, 7) is 6.04. The van der Waals surface area contributed by atoms with Crippen molar-refractivity contribution in [3.05, 3.63) is 65.5 Å². The Morgan fingerprint density at radius 2 is 1.94 bits per heavy atom. The Morgan fingerprint density at radius 3 is 2.58 bits per heavy atom. The topological polar surface area (TPSA) is 77.3 Å². The standard InChI is InChI=1S/C25H33FN2O3S2/c1-5-6-14-33(29)28-25(19-32-24(2,3)17-27,18-31-16-20-10-8-7-9-11-20)22-15-21(30-4)12-13-23(22)26/h7-13,15,28H,5-6,14,16,18-19H2,1-4H3. The minimum atomic E-state index is -1.42. The Labute approximate surface area is 204 Å². The fraction of sp³-hybridized carbons (Fsp3) is 0.480. The summed E-state index contributed by atoms with van der Waals surface area (Å²) in [5.41, 5.74) is 0.153. The van der Waals surface area contributed by atoms with Crippen LogP contribution in [0.5, 0.6) is 5.75 Å². The molecule has 0 spiro atoms. The van der Waals surface area contributed by atoms with E-state index in [1.54, 1.807) is 12.1 Å². The van der Waals surface area contributed by atoms with E-state index in [1.807, 2.05) is 51.1 Å². The van der Waals surface area contributed by atoms with Gasteiger partial charge in [0.2, 0.25) is 0 Å². The molecule has 2 aromatic rings. The summed E-state index contributed by atoms with van der Waals surface area (Å²) in [6.07, 6.45) is 1.67. The Bertz CT molecular complexity index is 908. The van der Waals surface area contributed by atoms with Crippen LogP contribution in [-0.4, -0.2) is 34.5 Å². The van der Waals surface area contributed by atoms with Crippen molar-refractivity contribution in [1.82, 2.24) is 4.72 Å². The zero-order valence-corrected chi connectivity index (χ0v) is 21.4. The quantitative estimate of drug-likeness (QED) is 0.359. The van der Waals surface area contributed by atoms with Gasteiger partial charge in [-0.05, 0) is 44.0 Å². The van der Waals surface area contributed by atoms with Gasteiger partial charge < -0.3 is 14.0 Å². The van der Waals surface area contributed by atoms with E-state index >= 15 is 4.39 Å². The SMILES string of the molecule is CCCC[S+]([O-])NC(COCc1ccccc1)(CSC(C)(C)C#N)c1cc(OC)ccc1F. The predicted molar refractivity (Wildman–Crippen MR) is 134 cm³/mol. The van der Waals surface area contributed by atoms with Crippen LogP contribution in [0, 0.1) is 17.1 Å². The van der Waals surface area contributed by atoms with Gasteiger partial charge >= 0.3 is 0 Å². The lowest BCUT2D eigenvalue weighted by atomic mass is 9.93. The largest absolute Gasteiger partial charge is 0.598 e. The van der Waals surface area contributed by atoms with Gasteiger partial charge in [0.15, 0.2) is 0 Å². The number of methoxy groups -OCH3 is 1. The Balaban J connectivity index is 2.45. The molecule has 0 radical (unpaired) electrons. The van der Waals surface area contributed by atoms with Crippen LogP contribution in [0.15, 0.2) is 48.5 Å². The zero-order chi connectivity index (χ0) is 24.3. The number of unbranched alkanes of at least 4 members (excludes halogenated alkanes) is 1. The lowest BCUT2D eigenvalue weighted by Gasteiger charge is -2.36. The molecule has 0 amide bonds. The minimum absolute atomic E-state index is 0.0678. The Hall–Kier alpha value is -1.76. The van der Waals surface area contributed by atoms with Gasteiger partial charge in [0.05, 0.1) is 31.1 Å². The molecule has 0 bridgehead atoms. The number of nitrogens with zero attached hydrogens (tertiary/aromatic N) is 1. The number of hydrogen-bond donors (Lipinski definition) is 1. The number of thioether (sulfide) groups is 1. The lowest BCUT2D eigenvalue weighted by molar-refractivity contribution is 0.0724. The van der Waals surface area contributed by atoms with Crippen molar-refractivity contribution >= 4 is 23.1 Å². The van der Waals surface area contributed by atoms with Crippen molar-refractivity contribution in [3.8, 4) is 11.8 Å². The van der Waals surface area contributed by atoms with E-state index in [4.69, 9.17) is 9.47 Å². The van der Waals surface area contributed by atoms with Gasteiger partial charge in [-0.3, -0.25) is 0 Å². The molecule has 2 rings (SSSR count). The van der Waals surface area contributed by atoms with Crippen LogP contribution in [-0.2, 0) is 28.2 Å². The molecule has 2 aromatic carbocycles. The van der Waals surface area contributed by atoms with Gasteiger partial charge in [-0.25, -0.2) is 4.39 Å². The molecule has 0 aliphatic rings. The third-order valence-electron chi connectivity index (χ3n) is 5.09. The first-order valence-corrected chi connectivity index (χ1v) is 13.2. The fourth-order valence-corrected chi connectivity index (χ4v) is 5.51. The molecule has 0 saturated heterocycles. The Morgan fingerprint density at radius 1 is 1.21 bits per heavy atom. The summed E-state index contributed by atoms with van der Waals surface area (Å²) < 4.78 is 42.1. The van der Waals surface area contributed by atoms with E-state index < -0.39 is 27.5 Å². The van der Waals surface area contributed by atoms with Gasteiger partial charge in [-0.1, -0.05) is 43.7 Å². The third-order valence-corrected chi connectivity index (χ3v) is 7.82. The van der Waals surface area contributed by atoms with Crippen LogP contribution in [0.2, 0.25) is 0 Å². The number of ether oxygens (including phenoxy) is 2. The number of benzene rings is 2. The summed E-state index contributed by atoms with van der Waals surface area (Å²) in [5.74, 6) is 0.762. The van der Waals surface area contributed by atoms with E-state index in [2.05, 4.69) is 10.8 Å². The van der Waals surface area contributed by atoms with Crippen molar-refractivity contribution in [2.24, 2.45) is 0 Å². The van der Waals surface area contributed by atoms with Crippen LogP contribution in [0.3, 0.4) is 0 Å². The first kappa shape index (κ1) is 27.5. The van der Waals surface area contributed by atoms with Crippen molar-refractivity contribution in [2.75, 3.05) is 25.2 Å². The van der Waals surface area contributed by atoms with Gasteiger partial charge in [-0.2, -0.15) is 5.26 Å². The monoisotopic (exact) mass is 492 g/mol. The molecule has 0 aromatic heterocycles. The maximum absolute atomic E-state index is 15.2. The van der Waals surface area contributed by atoms with E-state index in [0.29, 0.717) is 23.7 Å². The average molecular weight is 493 g/mol.